The minimum atomic E-state index is 0.655. The highest BCUT2D eigenvalue weighted by Crippen LogP contribution is 2.22. The summed E-state index contributed by atoms with van der Waals surface area (Å²) >= 11 is 0. The molecule has 1 heterocycles. The summed E-state index contributed by atoms with van der Waals surface area (Å²) in [6.45, 7) is 6.00. The quantitative estimate of drug-likeness (QED) is 0.456. The van der Waals surface area contributed by atoms with Gasteiger partial charge in [0.25, 0.3) is 0 Å². The fourth-order valence-corrected chi connectivity index (χ4v) is 3.12. The summed E-state index contributed by atoms with van der Waals surface area (Å²) in [5.41, 5.74) is 2.00. The molecule has 0 spiro atoms. The number of likely N-dealkylation sites (tertiary alicyclic amines) is 1. The molecule has 24 heavy (non-hydrogen) atoms. The Labute approximate surface area is 144 Å². The van der Waals surface area contributed by atoms with Gasteiger partial charge in [-0.1, -0.05) is 29.8 Å². The standard InChI is InChI=1S/C20H26N2O2/c1-16(21-24-13-12-22-10-4-3-5-11-22)17-6-7-19-15-20(23-2)9-8-18(19)14-17/h6-9,14-15H,3-5,10-13H2,1-2H3. The molecule has 1 aliphatic rings. The van der Waals surface area contributed by atoms with Gasteiger partial charge in [-0.05, 0) is 67.4 Å². The van der Waals surface area contributed by atoms with Crippen molar-refractivity contribution < 1.29 is 9.57 Å². The average molecular weight is 326 g/mol. The van der Waals surface area contributed by atoms with Crippen molar-refractivity contribution in [2.75, 3.05) is 33.4 Å². The van der Waals surface area contributed by atoms with Gasteiger partial charge in [0.1, 0.15) is 12.4 Å². The Morgan fingerprint density at radius 3 is 2.58 bits per heavy atom. The summed E-state index contributed by atoms with van der Waals surface area (Å²) in [5.74, 6) is 0.877. The van der Waals surface area contributed by atoms with Crippen molar-refractivity contribution in [3.63, 3.8) is 0 Å². The molecule has 128 valence electrons. The Balaban J connectivity index is 1.59. The highest BCUT2D eigenvalue weighted by atomic mass is 16.6. The second kappa shape index (κ2) is 8.15. The molecule has 0 aromatic heterocycles. The SMILES string of the molecule is COc1ccc2cc(C(C)=NOCCN3CCCCC3)ccc2c1. The molecule has 0 saturated carbocycles. The highest BCUT2D eigenvalue weighted by molar-refractivity contribution is 6.01. The fourth-order valence-electron chi connectivity index (χ4n) is 3.12. The van der Waals surface area contributed by atoms with Crippen LogP contribution in [0.15, 0.2) is 41.6 Å². The Morgan fingerprint density at radius 1 is 1.04 bits per heavy atom. The van der Waals surface area contributed by atoms with Gasteiger partial charge in [-0.15, -0.1) is 0 Å². The van der Waals surface area contributed by atoms with E-state index >= 15 is 0 Å². The van der Waals surface area contributed by atoms with E-state index in [1.165, 1.54) is 37.7 Å². The monoisotopic (exact) mass is 326 g/mol. The summed E-state index contributed by atoms with van der Waals surface area (Å²) in [6.07, 6.45) is 3.98. The van der Waals surface area contributed by atoms with Gasteiger partial charge >= 0.3 is 0 Å². The number of methoxy groups -OCH3 is 1. The van der Waals surface area contributed by atoms with Crippen LogP contribution in [0.4, 0.5) is 0 Å². The van der Waals surface area contributed by atoms with Crippen molar-refractivity contribution in [3.05, 3.63) is 42.0 Å². The van der Waals surface area contributed by atoms with E-state index in [4.69, 9.17) is 9.57 Å². The van der Waals surface area contributed by atoms with Crippen LogP contribution >= 0.6 is 0 Å². The molecule has 1 fully saturated rings. The molecule has 0 bridgehead atoms. The number of benzene rings is 2. The maximum absolute atomic E-state index is 5.53. The van der Waals surface area contributed by atoms with E-state index in [1.807, 2.05) is 19.1 Å². The van der Waals surface area contributed by atoms with Crippen LogP contribution < -0.4 is 4.74 Å². The fraction of sp³-hybridized carbons (Fsp3) is 0.450. The lowest BCUT2D eigenvalue weighted by atomic mass is 10.0. The summed E-state index contributed by atoms with van der Waals surface area (Å²) in [7, 11) is 1.69. The summed E-state index contributed by atoms with van der Waals surface area (Å²) < 4.78 is 5.27. The lowest BCUT2D eigenvalue weighted by molar-refractivity contribution is 0.102. The number of hydrogen-bond acceptors (Lipinski definition) is 4. The zero-order valence-electron chi connectivity index (χ0n) is 14.6. The first-order valence-corrected chi connectivity index (χ1v) is 8.73. The van der Waals surface area contributed by atoms with E-state index in [1.54, 1.807) is 7.11 Å². The average Bonchev–Trinajstić information content (AvgIpc) is 2.65. The smallest absolute Gasteiger partial charge is 0.129 e. The summed E-state index contributed by atoms with van der Waals surface area (Å²) in [6, 6.07) is 12.4. The van der Waals surface area contributed by atoms with Gasteiger partial charge in [0, 0.05) is 6.54 Å². The van der Waals surface area contributed by atoms with Crippen LogP contribution in [0.3, 0.4) is 0 Å². The van der Waals surface area contributed by atoms with Crippen LogP contribution in [0.1, 0.15) is 31.7 Å². The predicted octanol–water partition coefficient (Wildman–Crippen LogP) is 4.07. The number of hydrogen-bond donors (Lipinski definition) is 0. The minimum absolute atomic E-state index is 0.655. The molecule has 1 aliphatic heterocycles. The molecule has 4 nitrogen and oxygen atoms in total. The van der Waals surface area contributed by atoms with Crippen LogP contribution in [-0.2, 0) is 4.84 Å². The molecule has 1 saturated heterocycles. The van der Waals surface area contributed by atoms with Gasteiger partial charge < -0.3 is 9.57 Å². The summed E-state index contributed by atoms with van der Waals surface area (Å²) in [5, 5.41) is 6.63. The lowest BCUT2D eigenvalue weighted by Gasteiger charge is -2.25. The van der Waals surface area contributed by atoms with Crippen molar-refractivity contribution in [2.45, 2.75) is 26.2 Å². The van der Waals surface area contributed by atoms with Gasteiger partial charge in [0.2, 0.25) is 0 Å². The van der Waals surface area contributed by atoms with E-state index in [2.05, 4.69) is 34.3 Å². The van der Waals surface area contributed by atoms with E-state index in [0.29, 0.717) is 6.61 Å². The number of ether oxygens (including phenoxy) is 1. The zero-order chi connectivity index (χ0) is 16.8. The third-order valence-corrected chi connectivity index (χ3v) is 4.61. The molecule has 0 atom stereocenters. The van der Waals surface area contributed by atoms with Gasteiger partial charge in [-0.2, -0.15) is 0 Å². The lowest BCUT2D eigenvalue weighted by Crippen LogP contribution is -2.32. The van der Waals surface area contributed by atoms with Crippen LogP contribution in [0.25, 0.3) is 10.8 Å². The van der Waals surface area contributed by atoms with E-state index in [9.17, 15) is 0 Å². The first-order valence-electron chi connectivity index (χ1n) is 8.73. The molecule has 0 N–H and O–H groups in total. The molecule has 2 aromatic rings. The third-order valence-electron chi connectivity index (χ3n) is 4.61. The van der Waals surface area contributed by atoms with Crippen molar-refractivity contribution in [3.8, 4) is 5.75 Å². The first-order chi connectivity index (χ1) is 11.8. The first kappa shape index (κ1) is 16.8. The number of rotatable bonds is 6. The number of nitrogens with zero attached hydrogens (tertiary/aromatic N) is 2. The highest BCUT2D eigenvalue weighted by Gasteiger charge is 2.09. The summed E-state index contributed by atoms with van der Waals surface area (Å²) in [4.78, 5) is 7.98. The van der Waals surface area contributed by atoms with E-state index in [-0.39, 0.29) is 0 Å². The number of fused-ring (bicyclic) bond motifs is 1. The molecule has 0 unspecified atom stereocenters. The van der Waals surface area contributed by atoms with Gasteiger partial charge in [0.05, 0.1) is 12.8 Å². The van der Waals surface area contributed by atoms with Crippen molar-refractivity contribution in [2.24, 2.45) is 5.16 Å². The van der Waals surface area contributed by atoms with Crippen molar-refractivity contribution in [1.29, 1.82) is 0 Å². The zero-order valence-corrected chi connectivity index (χ0v) is 14.6. The van der Waals surface area contributed by atoms with E-state index < -0.39 is 0 Å². The van der Waals surface area contributed by atoms with Crippen molar-refractivity contribution in [1.82, 2.24) is 4.90 Å². The molecule has 0 amide bonds. The molecular formula is C20H26N2O2. The molecular weight excluding hydrogens is 300 g/mol. The van der Waals surface area contributed by atoms with E-state index in [0.717, 1.165) is 29.0 Å². The maximum Gasteiger partial charge on any atom is 0.129 e. The third kappa shape index (κ3) is 4.26. The maximum atomic E-state index is 5.53. The topological polar surface area (TPSA) is 34.1 Å². The van der Waals surface area contributed by atoms with Crippen LogP contribution in [0, 0.1) is 0 Å². The number of oxime groups is 1. The minimum Gasteiger partial charge on any atom is -0.497 e. The molecule has 2 aromatic carbocycles. The van der Waals surface area contributed by atoms with Gasteiger partial charge in [-0.25, -0.2) is 0 Å². The van der Waals surface area contributed by atoms with Gasteiger partial charge in [0.15, 0.2) is 0 Å². The second-order valence-corrected chi connectivity index (χ2v) is 6.34. The van der Waals surface area contributed by atoms with Crippen LogP contribution in [0.2, 0.25) is 0 Å². The normalized spacial score (nSPS) is 16.3. The molecule has 4 heteroatoms. The Morgan fingerprint density at radius 2 is 1.79 bits per heavy atom. The number of piperidine rings is 1. The Kier molecular flexibility index (Phi) is 5.70. The predicted molar refractivity (Wildman–Crippen MR) is 99.0 cm³/mol. The molecule has 0 aliphatic carbocycles. The van der Waals surface area contributed by atoms with Crippen LogP contribution in [0.5, 0.6) is 5.75 Å². The van der Waals surface area contributed by atoms with Crippen molar-refractivity contribution >= 4 is 16.5 Å². The largest absolute Gasteiger partial charge is 0.497 e. The van der Waals surface area contributed by atoms with Gasteiger partial charge in [-0.3, -0.25) is 4.90 Å². The Bertz CT molecular complexity index is 706. The Hall–Kier alpha value is -2.07. The molecule has 3 rings (SSSR count). The molecule has 0 radical (unpaired) electrons. The second-order valence-electron chi connectivity index (χ2n) is 6.34. The van der Waals surface area contributed by atoms with Crippen LogP contribution in [-0.4, -0.2) is 44.0 Å².